The maximum atomic E-state index is 9.44. The quantitative estimate of drug-likeness (QED) is 0.457. The number of nitrogens with two attached hydrogens (primary N) is 1. The SMILES string of the molecule is Cc1ccc(O)c(C(C)NN)c1. The molecule has 0 aliphatic rings. The third-order valence-corrected chi connectivity index (χ3v) is 1.90. The van der Waals surface area contributed by atoms with Crippen molar-refractivity contribution < 1.29 is 5.11 Å². The standard InChI is InChI=1S/C9H14N2O/c1-6-3-4-9(12)8(5-6)7(2)11-10/h3-5,7,11-12H,10H2,1-2H3. The largest absolute Gasteiger partial charge is 0.508 e. The highest BCUT2D eigenvalue weighted by molar-refractivity contribution is 5.37. The molecule has 66 valence electrons. The van der Waals surface area contributed by atoms with Crippen LogP contribution in [-0.4, -0.2) is 5.11 Å². The number of aryl methyl sites for hydroxylation is 1. The average molecular weight is 166 g/mol. The van der Waals surface area contributed by atoms with Gasteiger partial charge in [0, 0.05) is 11.6 Å². The highest BCUT2D eigenvalue weighted by Crippen LogP contribution is 2.23. The molecule has 0 spiro atoms. The van der Waals surface area contributed by atoms with Gasteiger partial charge in [-0.05, 0) is 19.9 Å². The second-order valence-corrected chi connectivity index (χ2v) is 2.95. The van der Waals surface area contributed by atoms with Crippen molar-refractivity contribution in [1.82, 2.24) is 5.43 Å². The number of hydrazine groups is 1. The molecule has 3 nitrogen and oxygen atoms in total. The Balaban J connectivity index is 3.04. The fourth-order valence-corrected chi connectivity index (χ4v) is 1.11. The van der Waals surface area contributed by atoms with Crippen LogP contribution < -0.4 is 11.3 Å². The van der Waals surface area contributed by atoms with Gasteiger partial charge >= 0.3 is 0 Å². The second-order valence-electron chi connectivity index (χ2n) is 2.95. The number of phenols is 1. The zero-order chi connectivity index (χ0) is 9.14. The van der Waals surface area contributed by atoms with Crippen LogP contribution in [0.5, 0.6) is 5.75 Å². The predicted octanol–water partition coefficient (Wildman–Crippen LogP) is 1.22. The van der Waals surface area contributed by atoms with Gasteiger partial charge in [-0.25, -0.2) is 0 Å². The highest BCUT2D eigenvalue weighted by atomic mass is 16.3. The van der Waals surface area contributed by atoms with E-state index in [0.29, 0.717) is 0 Å². The van der Waals surface area contributed by atoms with Crippen molar-refractivity contribution >= 4 is 0 Å². The first-order valence-corrected chi connectivity index (χ1v) is 3.91. The van der Waals surface area contributed by atoms with Gasteiger partial charge in [-0.15, -0.1) is 0 Å². The number of nitrogens with one attached hydrogen (secondary N) is 1. The maximum absolute atomic E-state index is 9.44. The number of aromatic hydroxyl groups is 1. The van der Waals surface area contributed by atoms with Crippen molar-refractivity contribution in [2.24, 2.45) is 5.84 Å². The fraction of sp³-hybridized carbons (Fsp3) is 0.333. The first-order chi connectivity index (χ1) is 5.65. The summed E-state index contributed by atoms with van der Waals surface area (Å²) in [5, 5.41) is 9.44. The minimum Gasteiger partial charge on any atom is -0.508 e. The van der Waals surface area contributed by atoms with Gasteiger partial charge in [0.15, 0.2) is 0 Å². The molecule has 0 amide bonds. The molecule has 0 aliphatic carbocycles. The van der Waals surface area contributed by atoms with E-state index in [1.807, 2.05) is 26.0 Å². The Kier molecular flexibility index (Phi) is 2.68. The normalized spacial score (nSPS) is 12.9. The summed E-state index contributed by atoms with van der Waals surface area (Å²) in [7, 11) is 0. The van der Waals surface area contributed by atoms with Crippen molar-refractivity contribution in [3.8, 4) is 5.75 Å². The van der Waals surface area contributed by atoms with Crippen molar-refractivity contribution in [3.05, 3.63) is 29.3 Å². The molecule has 1 aromatic carbocycles. The summed E-state index contributed by atoms with van der Waals surface area (Å²) in [6.45, 7) is 3.88. The monoisotopic (exact) mass is 166 g/mol. The first-order valence-electron chi connectivity index (χ1n) is 3.91. The van der Waals surface area contributed by atoms with Crippen molar-refractivity contribution in [2.75, 3.05) is 0 Å². The van der Waals surface area contributed by atoms with Crippen molar-refractivity contribution in [1.29, 1.82) is 0 Å². The molecule has 1 atom stereocenters. The van der Waals surface area contributed by atoms with Crippen LogP contribution in [0, 0.1) is 6.92 Å². The van der Waals surface area contributed by atoms with Gasteiger partial charge in [0.1, 0.15) is 5.75 Å². The van der Waals surface area contributed by atoms with E-state index in [2.05, 4.69) is 5.43 Å². The topological polar surface area (TPSA) is 58.3 Å². The fourth-order valence-electron chi connectivity index (χ4n) is 1.11. The summed E-state index contributed by atoms with van der Waals surface area (Å²) in [5.41, 5.74) is 4.54. The molecule has 0 heterocycles. The molecular weight excluding hydrogens is 152 g/mol. The highest BCUT2D eigenvalue weighted by Gasteiger charge is 2.07. The van der Waals surface area contributed by atoms with Gasteiger partial charge in [0.05, 0.1) is 0 Å². The predicted molar refractivity (Wildman–Crippen MR) is 48.6 cm³/mol. The van der Waals surface area contributed by atoms with E-state index >= 15 is 0 Å². The Morgan fingerprint density at radius 2 is 2.17 bits per heavy atom. The second kappa shape index (κ2) is 3.56. The Morgan fingerprint density at radius 3 is 2.75 bits per heavy atom. The average Bonchev–Trinajstić information content (AvgIpc) is 2.08. The number of hydrogen-bond donors (Lipinski definition) is 3. The lowest BCUT2D eigenvalue weighted by molar-refractivity contribution is 0.454. The zero-order valence-corrected chi connectivity index (χ0v) is 7.33. The molecule has 1 unspecified atom stereocenters. The van der Waals surface area contributed by atoms with Gasteiger partial charge < -0.3 is 5.11 Å². The molecule has 4 N–H and O–H groups in total. The minimum atomic E-state index is -0.0232. The van der Waals surface area contributed by atoms with Crippen LogP contribution >= 0.6 is 0 Å². The number of benzene rings is 1. The minimum absolute atomic E-state index is 0.0232. The molecule has 1 rings (SSSR count). The third-order valence-electron chi connectivity index (χ3n) is 1.90. The molecule has 0 saturated carbocycles. The van der Waals surface area contributed by atoms with E-state index in [9.17, 15) is 5.11 Å². The Morgan fingerprint density at radius 1 is 1.50 bits per heavy atom. The van der Waals surface area contributed by atoms with E-state index in [0.717, 1.165) is 11.1 Å². The maximum Gasteiger partial charge on any atom is 0.120 e. The number of rotatable bonds is 2. The lowest BCUT2D eigenvalue weighted by atomic mass is 10.1. The molecule has 0 bridgehead atoms. The van der Waals surface area contributed by atoms with Crippen molar-refractivity contribution in [3.63, 3.8) is 0 Å². The van der Waals surface area contributed by atoms with Gasteiger partial charge in [0.2, 0.25) is 0 Å². The van der Waals surface area contributed by atoms with Crippen LogP contribution in [0.4, 0.5) is 0 Å². The summed E-state index contributed by atoms with van der Waals surface area (Å²) >= 11 is 0. The molecule has 12 heavy (non-hydrogen) atoms. The van der Waals surface area contributed by atoms with Gasteiger partial charge in [0.25, 0.3) is 0 Å². The number of hydrogen-bond acceptors (Lipinski definition) is 3. The Labute approximate surface area is 72.2 Å². The summed E-state index contributed by atoms with van der Waals surface area (Å²) in [6.07, 6.45) is 0. The van der Waals surface area contributed by atoms with E-state index < -0.39 is 0 Å². The summed E-state index contributed by atoms with van der Waals surface area (Å²) in [6, 6.07) is 5.44. The Hall–Kier alpha value is -1.06. The zero-order valence-electron chi connectivity index (χ0n) is 7.33. The van der Waals surface area contributed by atoms with E-state index in [1.165, 1.54) is 0 Å². The molecule has 1 aromatic rings. The van der Waals surface area contributed by atoms with Crippen LogP contribution in [0.15, 0.2) is 18.2 Å². The summed E-state index contributed by atoms with van der Waals surface area (Å²) < 4.78 is 0. The van der Waals surface area contributed by atoms with Gasteiger partial charge in [-0.1, -0.05) is 17.7 Å². The molecule has 0 fully saturated rings. The van der Waals surface area contributed by atoms with Crippen LogP contribution in [-0.2, 0) is 0 Å². The Bertz CT molecular complexity index is 273. The van der Waals surface area contributed by atoms with Crippen LogP contribution in [0.2, 0.25) is 0 Å². The number of phenolic OH excluding ortho intramolecular Hbond substituents is 1. The van der Waals surface area contributed by atoms with Crippen LogP contribution in [0.3, 0.4) is 0 Å². The molecule has 3 heteroatoms. The van der Waals surface area contributed by atoms with Crippen LogP contribution in [0.1, 0.15) is 24.1 Å². The smallest absolute Gasteiger partial charge is 0.120 e. The molecular formula is C9H14N2O. The molecule has 0 aromatic heterocycles. The summed E-state index contributed by atoms with van der Waals surface area (Å²) in [4.78, 5) is 0. The van der Waals surface area contributed by atoms with Gasteiger partial charge in [-0.3, -0.25) is 11.3 Å². The van der Waals surface area contributed by atoms with Crippen molar-refractivity contribution in [2.45, 2.75) is 19.9 Å². The lowest BCUT2D eigenvalue weighted by Gasteiger charge is -2.12. The van der Waals surface area contributed by atoms with E-state index in [-0.39, 0.29) is 11.8 Å². The molecule has 0 saturated heterocycles. The van der Waals surface area contributed by atoms with E-state index in [1.54, 1.807) is 6.07 Å². The van der Waals surface area contributed by atoms with Gasteiger partial charge in [-0.2, -0.15) is 0 Å². The third kappa shape index (κ3) is 1.75. The van der Waals surface area contributed by atoms with Crippen LogP contribution in [0.25, 0.3) is 0 Å². The molecule has 0 radical (unpaired) electrons. The first kappa shape index (κ1) is 9.03. The lowest BCUT2D eigenvalue weighted by Crippen LogP contribution is -2.25. The summed E-state index contributed by atoms with van der Waals surface area (Å²) in [5.74, 6) is 5.55. The van der Waals surface area contributed by atoms with E-state index in [4.69, 9.17) is 5.84 Å². The molecule has 0 aliphatic heterocycles.